The smallest absolute Gasteiger partial charge is 0.230 e. The molecule has 5 nitrogen and oxygen atoms in total. The van der Waals surface area contributed by atoms with Crippen LogP contribution < -0.4 is 11.1 Å². The van der Waals surface area contributed by atoms with Crippen LogP contribution in [0, 0.1) is 6.92 Å². The van der Waals surface area contributed by atoms with Crippen molar-refractivity contribution in [1.82, 2.24) is 5.32 Å². The Bertz CT molecular complexity index is 446. The summed E-state index contributed by atoms with van der Waals surface area (Å²) in [5.74, 6) is 0.275. The molecule has 0 atom stereocenters. The van der Waals surface area contributed by atoms with Crippen molar-refractivity contribution >= 4 is 23.5 Å². The molecule has 0 spiro atoms. The third-order valence-corrected chi connectivity index (χ3v) is 3.21. The summed E-state index contributed by atoms with van der Waals surface area (Å²) in [6.45, 7) is 1.94. The van der Waals surface area contributed by atoms with Gasteiger partial charge >= 0.3 is 0 Å². The Hall–Kier alpha value is -1.69. The molecule has 1 amide bonds. The number of nitrogens with zero attached hydrogens (tertiary/aromatic N) is 1. The van der Waals surface area contributed by atoms with Crippen LogP contribution >= 0.6 is 11.8 Å². The molecule has 0 unspecified atom stereocenters. The highest BCUT2D eigenvalue weighted by molar-refractivity contribution is 8.00. The van der Waals surface area contributed by atoms with Gasteiger partial charge in [0.25, 0.3) is 0 Å². The van der Waals surface area contributed by atoms with Gasteiger partial charge in [0.05, 0.1) is 5.75 Å². The lowest BCUT2D eigenvalue weighted by molar-refractivity contribution is -0.118. The molecule has 0 aliphatic rings. The molecule has 0 fully saturated rings. The maximum atomic E-state index is 11.2. The first-order chi connectivity index (χ1) is 8.08. The quantitative estimate of drug-likeness (QED) is 0.245. The van der Waals surface area contributed by atoms with Gasteiger partial charge in [0.1, 0.15) is 0 Å². The second-order valence-electron chi connectivity index (χ2n) is 3.45. The van der Waals surface area contributed by atoms with Crippen LogP contribution in [0.15, 0.2) is 28.3 Å². The molecule has 0 saturated heterocycles. The Kier molecular flexibility index (Phi) is 4.84. The lowest BCUT2D eigenvalue weighted by Crippen LogP contribution is -2.20. The van der Waals surface area contributed by atoms with E-state index < -0.39 is 0 Å². The standard InChI is InChI=1S/C11H15N3O2S/c1-7-3-4-8(11(12)14-16)9(5-7)17-6-10(15)13-2/h3-5,16H,6H2,1-2H3,(H2,12,14)(H,13,15). The van der Waals surface area contributed by atoms with Crippen LogP contribution in [0.5, 0.6) is 0 Å². The van der Waals surface area contributed by atoms with E-state index in [2.05, 4.69) is 10.5 Å². The minimum Gasteiger partial charge on any atom is -0.409 e. The first-order valence-electron chi connectivity index (χ1n) is 5.00. The van der Waals surface area contributed by atoms with Crippen LogP contribution in [-0.4, -0.2) is 29.8 Å². The highest BCUT2D eigenvalue weighted by Gasteiger charge is 2.09. The second-order valence-corrected chi connectivity index (χ2v) is 4.46. The molecule has 1 rings (SSSR count). The summed E-state index contributed by atoms with van der Waals surface area (Å²) in [5.41, 5.74) is 7.26. The van der Waals surface area contributed by atoms with Crippen LogP contribution in [0.4, 0.5) is 0 Å². The number of amides is 1. The van der Waals surface area contributed by atoms with Crippen LogP contribution in [-0.2, 0) is 4.79 Å². The van der Waals surface area contributed by atoms with Crippen LogP contribution in [0.25, 0.3) is 0 Å². The van der Waals surface area contributed by atoms with E-state index in [1.807, 2.05) is 19.1 Å². The number of amidine groups is 1. The minimum atomic E-state index is -0.0676. The van der Waals surface area contributed by atoms with E-state index in [-0.39, 0.29) is 11.7 Å². The lowest BCUT2D eigenvalue weighted by Gasteiger charge is -2.08. The Morgan fingerprint density at radius 1 is 1.59 bits per heavy atom. The number of carbonyl (C=O) groups is 1. The van der Waals surface area contributed by atoms with Gasteiger partial charge in [-0.05, 0) is 24.6 Å². The second kappa shape index (κ2) is 6.15. The summed E-state index contributed by atoms with van der Waals surface area (Å²) in [5, 5.41) is 14.2. The van der Waals surface area contributed by atoms with Crippen molar-refractivity contribution in [3.8, 4) is 0 Å². The molecule has 1 aromatic carbocycles. The Morgan fingerprint density at radius 2 is 2.29 bits per heavy atom. The molecular formula is C11H15N3O2S. The maximum Gasteiger partial charge on any atom is 0.230 e. The summed E-state index contributed by atoms with van der Waals surface area (Å²) in [7, 11) is 1.59. The number of hydrogen-bond donors (Lipinski definition) is 3. The fourth-order valence-electron chi connectivity index (χ4n) is 1.23. The molecule has 0 aromatic heterocycles. The SMILES string of the molecule is CNC(=O)CSc1cc(C)ccc1/C(N)=N/O. The van der Waals surface area contributed by atoms with E-state index >= 15 is 0 Å². The van der Waals surface area contributed by atoms with E-state index in [1.54, 1.807) is 13.1 Å². The first-order valence-corrected chi connectivity index (χ1v) is 5.99. The fraction of sp³-hybridized carbons (Fsp3) is 0.273. The normalized spacial score (nSPS) is 11.3. The van der Waals surface area contributed by atoms with Crippen LogP contribution in [0.3, 0.4) is 0 Å². The van der Waals surface area contributed by atoms with Crippen molar-refractivity contribution in [2.24, 2.45) is 10.9 Å². The molecular weight excluding hydrogens is 238 g/mol. The molecule has 0 radical (unpaired) electrons. The van der Waals surface area contributed by atoms with Gasteiger partial charge in [0, 0.05) is 17.5 Å². The number of oxime groups is 1. The summed E-state index contributed by atoms with van der Waals surface area (Å²) in [6.07, 6.45) is 0. The molecule has 6 heteroatoms. The summed E-state index contributed by atoms with van der Waals surface area (Å²) in [4.78, 5) is 12.0. The molecule has 92 valence electrons. The highest BCUT2D eigenvalue weighted by atomic mass is 32.2. The Labute approximate surface area is 104 Å². The van der Waals surface area contributed by atoms with E-state index in [4.69, 9.17) is 10.9 Å². The van der Waals surface area contributed by atoms with E-state index in [0.717, 1.165) is 10.5 Å². The highest BCUT2D eigenvalue weighted by Crippen LogP contribution is 2.23. The summed E-state index contributed by atoms with van der Waals surface area (Å²) in [6, 6.07) is 5.55. The van der Waals surface area contributed by atoms with Gasteiger partial charge in [0.2, 0.25) is 5.91 Å². The van der Waals surface area contributed by atoms with E-state index in [0.29, 0.717) is 11.3 Å². The fourth-order valence-corrected chi connectivity index (χ4v) is 2.26. The van der Waals surface area contributed by atoms with Crippen molar-refractivity contribution in [2.75, 3.05) is 12.8 Å². The van der Waals surface area contributed by atoms with Crippen LogP contribution in [0.1, 0.15) is 11.1 Å². The number of thioether (sulfide) groups is 1. The van der Waals surface area contributed by atoms with Gasteiger partial charge in [0.15, 0.2) is 5.84 Å². The molecule has 0 heterocycles. The number of hydrogen-bond acceptors (Lipinski definition) is 4. The van der Waals surface area contributed by atoms with Gasteiger partial charge in [-0.2, -0.15) is 0 Å². The maximum absolute atomic E-state index is 11.2. The summed E-state index contributed by atoms with van der Waals surface area (Å²) >= 11 is 1.35. The zero-order valence-corrected chi connectivity index (χ0v) is 10.5. The predicted octanol–water partition coefficient (Wildman–Crippen LogP) is 0.928. The number of aryl methyl sites for hydroxylation is 1. The molecule has 0 bridgehead atoms. The molecule has 0 aliphatic heterocycles. The van der Waals surface area contributed by atoms with Crippen molar-refractivity contribution in [2.45, 2.75) is 11.8 Å². The Morgan fingerprint density at radius 3 is 2.88 bits per heavy atom. The molecule has 4 N–H and O–H groups in total. The minimum absolute atomic E-state index is 0.0457. The van der Waals surface area contributed by atoms with Gasteiger partial charge < -0.3 is 16.3 Å². The molecule has 17 heavy (non-hydrogen) atoms. The van der Waals surface area contributed by atoms with Gasteiger partial charge in [-0.3, -0.25) is 4.79 Å². The average molecular weight is 253 g/mol. The zero-order chi connectivity index (χ0) is 12.8. The number of benzene rings is 1. The summed E-state index contributed by atoms with van der Waals surface area (Å²) < 4.78 is 0. The van der Waals surface area contributed by atoms with Gasteiger partial charge in [-0.15, -0.1) is 11.8 Å². The first kappa shape index (κ1) is 13.4. The third-order valence-electron chi connectivity index (χ3n) is 2.16. The topological polar surface area (TPSA) is 87.7 Å². The predicted molar refractivity (Wildman–Crippen MR) is 68.5 cm³/mol. The molecule has 0 aliphatic carbocycles. The van der Waals surface area contributed by atoms with Crippen molar-refractivity contribution < 1.29 is 10.0 Å². The number of nitrogens with one attached hydrogen (secondary N) is 1. The average Bonchev–Trinajstić information content (AvgIpc) is 2.35. The number of rotatable bonds is 4. The Balaban J connectivity index is 2.95. The molecule has 1 aromatic rings. The van der Waals surface area contributed by atoms with E-state index in [9.17, 15) is 4.79 Å². The van der Waals surface area contributed by atoms with Crippen LogP contribution in [0.2, 0.25) is 0 Å². The third kappa shape index (κ3) is 3.67. The molecule has 0 saturated carbocycles. The number of carbonyl (C=O) groups excluding carboxylic acids is 1. The largest absolute Gasteiger partial charge is 0.409 e. The van der Waals surface area contributed by atoms with Gasteiger partial charge in [-0.25, -0.2) is 0 Å². The number of nitrogens with two attached hydrogens (primary N) is 1. The van der Waals surface area contributed by atoms with Crippen molar-refractivity contribution in [3.05, 3.63) is 29.3 Å². The lowest BCUT2D eigenvalue weighted by atomic mass is 10.1. The van der Waals surface area contributed by atoms with E-state index in [1.165, 1.54) is 11.8 Å². The van der Waals surface area contributed by atoms with Crippen molar-refractivity contribution in [3.63, 3.8) is 0 Å². The zero-order valence-electron chi connectivity index (χ0n) is 9.73. The monoisotopic (exact) mass is 253 g/mol. The van der Waals surface area contributed by atoms with Gasteiger partial charge in [-0.1, -0.05) is 11.2 Å². The van der Waals surface area contributed by atoms with Crippen molar-refractivity contribution in [1.29, 1.82) is 0 Å².